The van der Waals surface area contributed by atoms with Crippen molar-refractivity contribution in [2.75, 3.05) is 29.6 Å². The van der Waals surface area contributed by atoms with Gasteiger partial charge in [-0.05, 0) is 18.2 Å². The number of fused-ring (bicyclic) bond motifs is 1. The van der Waals surface area contributed by atoms with Crippen LogP contribution >= 0.6 is 0 Å². The minimum absolute atomic E-state index is 0.0964. The van der Waals surface area contributed by atoms with Crippen LogP contribution in [-0.2, 0) is 9.84 Å². The quantitative estimate of drug-likeness (QED) is 0.813. The van der Waals surface area contributed by atoms with Crippen molar-refractivity contribution >= 4 is 32.0 Å². The molecule has 0 radical (unpaired) electrons. The van der Waals surface area contributed by atoms with E-state index in [9.17, 15) is 8.42 Å². The molecule has 1 aromatic heterocycles. The molecule has 5 nitrogen and oxygen atoms in total. The molecule has 0 unspecified atom stereocenters. The molecule has 0 saturated heterocycles. The Morgan fingerprint density at radius 2 is 2.06 bits per heavy atom. The van der Waals surface area contributed by atoms with Crippen LogP contribution in [0, 0.1) is 0 Å². The minimum atomic E-state index is -2.96. The first-order valence-corrected chi connectivity index (χ1v) is 7.57. The molecule has 0 saturated carbocycles. The second kappa shape index (κ2) is 4.81. The van der Waals surface area contributed by atoms with Crippen molar-refractivity contribution in [3.63, 3.8) is 0 Å². The van der Waals surface area contributed by atoms with Crippen LogP contribution < -0.4 is 11.1 Å². The highest BCUT2D eigenvalue weighted by molar-refractivity contribution is 7.90. The van der Waals surface area contributed by atoms with Gasteiger partial charge in [-0.3, -0.25) is 4.98 Å². The third kappa shape index (κ3) is 2.89. The maximum atomic E-state index is 11.1. The van der Waals surface area contributed by atoms with Gasteiger partial charge in [-0.2, -0.15) is 0 Å². The van der Waals surface area contributed by atoms with E-state index >= 15 is 0 Å². The summed E-state index contributed by atoms with van der Waals surface area (Å²) in [5, 5.41) is 4.90. The number of hydrogen-bond acceptors (Lipinski definition) is 5. The van der Waals surface area contributed by atoms with Crippen LogP contribution in [0.15, 0.2) is 30.6 Å². The van der Waals surface area contributed by atoms with E-state index in [1.807, 2.05) is 12.1 Å². The van der Waals surface area contributed by atoms with Crippen LogP contribution in [0.1, 0.15) is 0 Å². The van der Waals surface area contributed by atoms with Crippen LogP contribution in [-0.4, -0.2) is 32.0 Å². The number of nitrogen functional groups attached to an aromatic ring is 1. The zero-order valence-corrected chi connectivity index (χ0v) is 10.9. The van der Waals surface area contributed by atoms with Gasteiger partial charge >= 0.3 is 0 Å². The normalized spacial score (nSPS) is 11.6. The lowest BCUT2D eigenvalue weighted by atomic mass is 10.1. The Balaban J connectivity index is 2.26. The lowest BCUT2D eigenvalue weighted by molar-refractivity contribution is 0.602. The summed E-state index contributed by atoms with van der Waals surface area (Å²) in [5.74, 6) is 0.0964. The molecule has 1 heterocycles. The number of pyridine rings is 1. The topological polar surface area (TPSA) is 85.1 Å². The molecule has 3 N–H and O–H groups in total. The molecule has 96 valence electrons. The number of nitrogens with one attached hydrogen (secondary N) is 1. The van der Waals surface area contributed by atoms with Crippen molar-refractivity contribution in [1.82, 2.24) is 4.98 Å². The second-order valence-electron chi connectivity index (χ2n) is 4.18. The summed E-state index contributed by atoms with van der Waals surface area (Å²) in [5.41, 5.74) is 7.40. The van der Waals surface area contributed by atoms with E-state index in [4.69, 9.17) is 5.73 Å². The molecule has 0 aliphatic rings. The monoisotopic (exact) mass is 265 g/mol. The van der Waals surface area contributed by atoms with Gasteiger partial charge in [0.05, 0.1) is 5.75 Å². The van der Waals surface area contributed by atoms with Crippen LogP contribution in [0.5, 0.6) is 0 Å². The summed E-state index contributed by atoms with van der Waals surface area (Å²) in [6, 6.07) is 5.47. The highest BCUT2D eigenvalue weighted by atomic mass is 32.2. The van der Waals surface area contributed by atoms with Gasteiger partial charge in [0, 0.05) is 47.3 Å². The maximum Gasteiger partial charge on any atom is 0.149 e. The first kappa shape index (κ1) is 12.6. The molecular formula is C12H15N3O2S. The number of benzene rings is 1. The summed E-state index contributed by atoms with van der Waals surface area (Å²) in [4.78, 5) is 4.06. The third-order valence-corrected chi connectivity index (χ3v) is 3.59. The van der Waals surface area contributed by atoms with Gasteiger partial charge in [-0.25, -0.2) is 8.42 Å². The van der Waals surface area contributed by atoms with E-state index in [2.05, 4.69) is 10.3 Å². The summed E-state index contributed by atoms with van der Waals surface area (Å²) in [7, 11) is -2.96. The summed E-state index contributed by atoms with van der Waals surface area (Å²) in [6.45, 7) is 0.368. The van der Waals surface area contributed by atoms with Crippen LogP contribution in [0.3, 0.4) is 0 Å². The zero-order valence-electron chi connectivity index (χ0n) is 10.1. The number of sulfone groups is 1. The lowest BCUT2D eigenvalue weighted by Crippen LogP contribution is -2.14. The highest BCUT2D eigenvalue weighted by Gasteiger charge is 2.05. The van der Waals surface area contributed by atoms with E-state index in [1.54, 1.807) is 18.5 Å². The number of nitrogens with two attached hydrogens (primary N) is 1. The van der Waals surface area contributed by atoms with Gasteiger partial charge in [0.2, 0.25) is 0 Å². The molecule has 0 bridgehead atoms. The summed E-state index contributed by atoms with van der Waals surface area (Å²) >= 11 is 0. The number of anilines is 2. The van der Waals surface area contributed by atoms with Crippen molar-refractivity contribution < 1.29 is 8.42 Å². The second-order valence-corrected chi connectivity index (χ2v) is 6.44. The van der Waals surface area contributed by atoms with Crippen molar-refractivity contribution in [3.8, 4) is 0 Å². The first-order chi connectivity index (χ1) is 8.47. The van der Waals surface area contributed by atoms with Gasteiger partial charge in [0.25, 0.3) is 0 Å². The Hall–Kier alpha value is -1.82. The molecule has 2 rings (SSSR count). The number of nitrogens with zero attached hydrogens (tertiary/aromatic N) is 1. The van der Waals surface area contributed by atoms with Gasteiger partial charge in [-0.15, -0.1) is 0 Å². The van der Waals surface area contributed by atoms with Crippen LogP contribution in [0.4, 0.5) is 11.4 Å². The summed E-state index contributed by atoms with van der Waals surface area (Å²) < 4.78 is 22.1. The van der Waals surface area contributed by atoms with Gasteiger partial charge in [-0.1, -0.05) is 0 Å². The fourth-order valence-electron chi connectivity index (χ4n) is 1.74. The van der Waals surface area contributed by atoms with Crippen LogP contribution in [0.25, 0.3) is 10.8 Å². The average molecular weight is 265 g/mol. The van der Waals surface area contributed by atoms with Crippen molar-refractivity contribution in [2.45, 2.75) is 0 Å². The fraction of sp³-hybridized carbons (Fsp3) is 0.250. The minimum Gasteiger partial charge on any atom is -0.398 e. The van der Waals surface area contributed by atoms with E-state index < -0.39 is 9.84 Å². The molecule has 6 heteroatoms. The van der Waals surface area contributed by atoms with Gasteiger partial charge in [0.1, 0.15) is 9.84 Å². The number of hydrogen-bond donors (Lipinski definition) is 2. The Labute approximate surface area is 106 Å². The van der Waals surface area contributed by atoms with Gasteiger partial charge < -0.3 is 11.1 Å². The molecule has 0 spiro atoms. The molecule has 0 atom stereocenters. The van der Waals surface area contributed by atoms with E-state index in [0.717, 1.165) is 16.5 Å². The number of aromatic nitrogens is 1. The summed E-state index contributed by atoms with van der Waals surface area (Å²) in [6.07, 6.45) is 4.62. The first-order valence-electron chi connectivity index (χ1n) is 5.51. The fourth-order valence-corrected chi connectivity index (χ4v) is 2.21. The molecule has 0 amide bonds. The smallest absolute Gasteiger partial charge is 0.149 e. The number of rotatable bonds is 4. The van der Waals surface area contributed by atoms with E-state index in [0.29, 0.717) is 12.2 Å². The maximum absolute atomic E-state index is 11.1. The molecule has 0 fully saturated rings. The largest absolute Gasteiger partial charge is 0.398 e. The predicted molar refractivity (Wildman–Crippen MR) is 74.4 cm³/mol. The van der Waals surface area contributed by atoms with Crippen molar-refractivity contribution in [2.24, 2.45) is 0 Å². The molecule has 0 aliphatic carbocycles. The Morgan fingerprint density at radius 1 is 1.28 bits per heavy atom. The Morgan fingerprint density at radius 3 is 2.78 bits per heavy atom. The van der Waals surface area contributed by atoms with Gasteiger partial charge in [0.15, 0.2) is 0 Å². The van der Waals surface area contributed by atoms with Crippen molar-refractivity contribution in [3.05, 3.63) is 30.6 Å². The van der Waals surface area contributed by atoms with E-state index in [-0.39, 0.29) is 5.75 Å². The molecular weight excluding hydrogens is 250 g/mol. The predicted octanol–water partition coefficient (Wildman–Crippen LogP) is 1.27. The molecule has 0 aliphatic heterocycles. The highest BCUT2D eigenvalue weighted by Crippen LogP contribution is 2.27. The lowest BCUT2D eigenvalue weighted by Gasteiger charge is -2.10. The SMILES string of the molecule is CS(=O)(=O)CCNc1ccc(N)c2ccncc12. The zero-order chi connectivity index (χ0) is 13.2. The molecule has 1 aromatic carbocycles. The Bertz CT molecular complexity index is 668. The average Bonchev–Trinajstić information content (AvgIpc) is 2.31. The van der Waals surface area contributed by atoms with E-state index in [1.165, 1.54) is 6.26 Å². The molecule has 2 aromatic rings. The van der Waals surface area contributed by atoms with Crippen molar-refractivity contribution in [1.29, 1.82) is 0 Å². The van der Waals surface area contributed by atoms with Crippen LogP contribution in [0.2, 0.25) is 0 Å². The standard InChI is InChI=1S/C12H15N3O2S/c1-18(16,17)7-6-15-12-3-2-11(13)9-4-5-14-8-10(9)12/h2-5,8,15H,6-7,13H2,1H3. The third-order valence-electron chi connectivity index (χ3n) is 2.64. The Kier molecular flexibility index (Phi) is 3.38. The molecule has 18 heavy (non-hydrogen) atoms.